The number of para-hydroxylation sites is 1. The van der Waals surface area contributed by atoms with Crippen LogP contribution in [0.25, 0.3) is 0 Å². The zero-order chi connectivity index (χ0) is 15.9. The van der Waals surface area contributed by atoms with Gasteiger partial charge < -0.3 is 9.47 Å². The third-order valence-corrected chi connectivity index (χ3v) is 4.19. The van der Waals surface area contributed by atoms with Crippen LogP contribution in [-0.4, -0.2) is 43.7 Å². The van der Waals surface area contributed by atoms with Gasteiger partial charge in [0, 0.05) is 13.1 Å². The third kappa shape index (κ3) is 4.47. The van der Waals surface area contributed by atoms with Gasteiger partial charge >= 0.3 is 5.97 Å². The summed E-state index contributed by atoms with van der Waals surface area (Å²) < 4.78 is 11.1. The fourth-order valence-corrected chi connectivity index (χ4v) is 3.01. The molecule has 22 heavy (non-hydrogen) atoms. The molecule has 1 aromatic rings. The quantitative estimate of drug-likeness (QED) is 0.758. The number of aryl methyl sites for hydroxylation is 2. The number of piperidine rings is 1. The van der Waals surface area contributed by atoms with Crippen LogP contribution in [0, 0.1) is 19.8 Å². The fourth-order valence-electron chi connectivity index (χ4n) is 3.01. The third-order valence-electron chi connectivity index (χ3n) is 4.19. The van der Waals surface area contributed by atoms with Crippen molar-refractivity contribution in [3.63, 3.8) is 0 Å². The highest BCUT2D eigenvalue weighted by Crippen LogP contribution is 2.22. The molecule has 1 aliphatic heterocycles. The van der Waals surface area contributed by atoms with Crippen LogP contribution in [0.1, 0.15) is 30.9 Å². The monoisotopic (exact) mass is 305 g/mol. The molecule has 0 saturated carbocycles. The van der Waals surface area contributed by atoms with Crippen LogP contribution in [0.4, 0.5) is 0 Å². The Morgan fingerprint density at radius 1 is 1.32 bits per heavy atom. The van der Waals surface area contributed by atoms with E-state index in [-0.39, 0.29) is 11.9 Å². The van der Waals surface area contributed by atoms with Crippen molar-refractivity contribution in [2.24, 2.45) is 5.92 Å². The van der Waals surface area contributed by atoms with Gasteiger partial charge in [0.2, 0.25) is 0 Å². The number of hydrogen-bond acceptors (Lipinski definition) is 4. The first-order valence-corrected chi connectivity index (χ1v) is 8.19. The molecular weight excluding hydrogens is 278 g/mol. The minimum atomic E-state index is -0.0529. The van der Waals surface area contributed by atoms with Crippen LogP contribution >= 0.6 is 0 Å². The zero-order valence-electron chi connectivity index (χ0n) is 13.9. The van der Waals surface area contributed by atoms with Gasteiger partial charge in [-0.3, -0.25) is 9.69 Å². The molecular formula is C18H27NO3. The van der Waals surface area contributed by atoms with Gasteiger partial charge in [-0.2, -0.15) is 0 Å². The van der Waals surface area contributed by atoms with Gasteiger partial charge in [0.25, 0.3) is 0 Å². The average molecular weight is 305 g/mol. The second-order valence-corrected chi connectivity index (χ2v) is 5.96. The molecule has 4 heteroatoms. The molecule has 1 unspecified atom stereocenters. The molecule has 0 amide bonds. The molecule has 0 spiro atoms. The summed E-state index contributed by atoms with van der Waals surface area (Å²) in [5, 5.41) is 0. The standard InChI is InChI=1S/C18H27NO3/c1-4-21-18(20)16-9-6-10-19(13-16)11-12-22-17-14(2)7-5-8-15(17)3/h5,7-8,16H,4,6,9-13H2,1-3H3. The first-order valence-electron chi connectivity index (χ1n) is 8.19. The summed E-state index contributed by atoms with van der Waals surface area (Å²) in [7, 11) is 0. The lowest BCUT2D eigenvalue weighted by molar-refractivity contribution is -0.150. The molecule has 1 atom stereocenters. The van der Waals surface area contributed by atoms with E-state index in [0.29, 0.717) is 13.2 Å². The SMILES string of the molecule is CCOC(=O)C1CCCN(CCOc2c(C)cccc2C)C1. The maximum absolute atomic E-state index is 11.8. The van der Waals surface area contributed by atoms with Crippen molar-refractivity contribution in [2.45, 2.75) is 33.6 Å². The number of likely N-dealkylation sites (tertiary alicyclic amines) is 1. The second-order valence-electron chi connectivity index (χ2n) is 5.96. The van der Waals surface area contributed by atoms with Crippen molar-refractivity contribution < 1.29 is 14.3 Å². The molecule has 1 heterocycles. The molecule has 0 radical (unpaired) electrons. The lowest BCUT2D eigenvalue weighted by atomic mass is 9.98. The minimum absolute atomic E-state index is 0.0221. The van der Waals surface area contributed by atoms with Gasteiger partial charge in [0.15, 0.2) is 0 Å². The van der Waals surface area contributed by atoms with Crippen molar-refractivity contribution >= 4 is 5.97 Å². The van der Waals surface area contributed by atoms with Crippen molar-refractivity contribution in [3.05, 3.63) is 29.3 Å². The topological polar surface area (TPSA) is 38.8 Å². The summed E-state index contributed by atoms with van der Waals surface area (Å²) in [5.41, 5.74) is 2.34. The Hall–Kier alpha value is -1.55. The molecule has 122 valence electrons. The van der Waals surface area contributed by atoms with E-state index < -0.39 is 0 Å². The lowest BCUT2D eigenvalue weighted by Gasteiger charge is -2.31. The molecule has 0 bridgehead atoms. The molecule has 2 rings (SSSR count). The Morgan fingerprint density at radius 3 is 2.73 bits per heavy atom. The number of ether oxygens (including phenoxy) is 2. The number of carbonyl (C=O) groups excluding carboxylic acids is 1. The van der Waals surface area contributed by atoms with Crippen LogP contribution in [-0.2, 0) is 9.53 Å². The summed E-state index contributed by atoms with van der Waals surface area (Å²) in [6, 6.07) is 6.19. The predicted octanol–water partition coefficient (Wildman–Crippen LogP) is 2.96. The largest absolute Gasteiger partial charge is 0.492 e. The Kier molecular flexibility index (Phi) is 6.25. The number of hydrogen-bond donors (Lipinski definition) is 0. The van der Waals surface area contributed by atoms with E-state index in [9.17, 15) is 4.79 Å². The number of benzene rings is 1. The van der Waals surface area contributed by atoms with E-state index in [4.69, 9.17) is 9.47 Å². The maximum atomic E-state index is 11.8. The summed E-state index contributed by atoms with van der Waals surface area (Å²) in [6.45, 7) is 9.79. The van der Waals surface area contributed by atoms with Crippen LogP contribution in [0.5, 0.6) is 5.75 Å². The summed E-state index contributed by atoms with van der Waals surface area (Å²) in [6.07, 6.45) is 1.99. The minimum Gasteiger partial charge on any atom is -0.492 e. The van der Waals surface area contributed by atoms with Gasteiger partial charge in [0.05, 0.1) is 12.5 Å². The van der Waals surface area contributed by atoms with Crippen molar-refractivity contribution in [1.29, 1.82) is 0 Å². The van der Waals surface area contributed by atoms with Crippen LogP contribution < -0.4 is 4.74 Å². The van der Waals surface area contributed by atoms with Gasteiger partial charge in [-0.25, -0.2) is 0 Å². The van der Waals surface area contributed by atoms with E-state index in [1.807, 2.05) is 13.0 Å². The molecule has 0 aromatic heterocycles. The molecule has 4 nitrogen and oxygen atoms in total. The first kappa shape index (κ1) is 16.8. The summed E-state index contributed by atoms with van der Waals surface area (Å²) >= 11 is 0. The first-order chi connectivity index (χ1) is 10.6. The maximum Gasteiger partial charge on any atom is 0.310 e. The van der Waals surface area contributed by atoms with E-state index >= 15 is 0 Å². The second kappa shape index (κ2) is 8.18. The van der Waals surface area contributed by atoms with E-state index in [1.165, 1.54) is 11.1 Å². The smallest absolute Gasteiger partial charge is 0.310 e. The van der Waals surface area contributed by atoms with E-state index in [1.54, 1.807) is 0 Å². The Bertz CT molecular complexity index is 481. The van der Waals surface area contributed by atoms with Gasteiger partial charge in [0.1, 0.15) is 12.4 Å². The van der Waals surface area contributed by atoms with E-state index in [0.717, 1.165) is 38.2 Å². The average Bonchev–Trinajstić information content (AvgIpc) is 2.51. The van der Waals surface area contributed by atoms with Gasteiger partial charge in [-0.05, 0) is 51.3 Å². The normalized spacial score (nSPS) is 19.0. The summed E-state index contributed by atoms with van der Waals surface area (Å²) in [4.78, 5) is 14.2. The Morgan fingerprint density at radius 2 is 2.05 bits per heavy atom. The number of nitrogens with zero attached hydrogens (tertiary/aromatic N) is 1. The highest BCUT2D eigenvalue weighted by molar-refractivity contribution is 5.72. The molecule has 1 saturated heterocycles. The number of esters is 1. The van der Waals surface area contributed by atoms with Crippen molar-refractivity contribution in [1.82, 2.24) is 4.90 Å². The Balaban J connectivity index is 1.80. The van der Waals surface area contributed by atoms with Gasteiger partial charge in [-0.1, -0.05) is 18.2 Å². The van der Waals surface area contributed by atoms with Crippen molar-refractivity contribution in [3.8, 4) is 5.75 Å². The highest BCUT2D eigenvalue weighted by atomic mass is 16.5. The number of carbonyl (C=O) groups is 1. The predicted molar refractivity (Wildman–Crippen MR) is 87.2 cm³/mol. The molecule has 1 aliphatic rings. The molecule has 0 N–H and O–H groups in total. The van der Waals surface area contributed by atoms with Crippen LogP contribution in [0.2, 0.25) is 0 Å². The zero-order valence-corrected chi connectivity index (χ0v) is 13.9. The van der Waals surface area contributed by atoms with Gasteiger partial charge in [-0.15, -0.1) is 0 Å². The van der Waals surface area contributed by atoms with Crippen LogP contribution in [0.15, 0.2) is 18.2 Å². The molecule has 1 aromatic carbocycles. The van der Waals surface area contributed by atoms with E-state index in [2.05, 4.69) is 30.9 Å². The number of rotatable bonds is 6. The van der Waals surface area contributed by atoms with Crippen LogP contribution in [0.3, 0.4) is 0 Å². The van der Waals surface area contributed by atoms with Crippen molar-refractivity contribution in [2.75, 3.05) is 32.8 Å². The summed E-state index contributed by atoms with van der Waals surface area (Å²) in [5.74, 6) is 0.957. The highest BCUT2D eigenvalue weighted by Gasteiger charge is 2.26. The molecule has 0 aliphatic carbocycles. The lowest BCUT2D eigenvalue weighted by Crippen LogP contribution is -2.41. The molecule has 1 fully saturated rings. The fraction of sp³-hybridized carbons (Fsp3) is 0.611. The Labute approximate surface area is 133 Å².